The Kier molecular flexibility index (Phi) is 5.43. The lowest BCUT2D eigenvalue weighted by molar-refractivity contribution is -0.120. The second-order valence-electron chi connectivity index (χ2n) is 8.24. The van der Waals surface area contributed by atoms with Crippen molar-refractivity contribution < 1.29 is 14.3 Å². The van der Waals surface area contributed by atoms with Gasteiger partial charge in [-0.15, -0.1) is 10.2 Å². The summed E-state index contributed by atoms with van der Waals surface area (Å²) in [4.78, 5) is 13.2. The SMILES string of the molecule is O=C(NC1CC1)[C@H](Sc1nnc(-c2ccc3c(c2)OCO3)n1-c1ccccc1)c1ccccc1. The molecule has 6 rings (SSSR count). The zero-order valence-corrected chi connectivity index (χ0v) is 19.1. The number of amides is 1. The molecule has 1 saturated carbocycles. The number of aromatic nitrogens is 3. The first-order valence-electron chi connectivity index (χ1n) is 11.2. The van der Waals surface area contributed by atoms with Crippen LogP contribution in [0.2, 0.25) is 0 Å². The van der Waals surface area contributed by atoms with Crippen molar-refractivity contribution >= 4 is 17.7 Å². The molecule has 8 heteroatoms. The van der Waals surface area contributed by atoms with E-state index in [1.165, 1.54) is 11.8 Å². The normalized spacial score (nSPS) is 15.2. The summed E-state index contributed by atoms with van der Waals surface area (Å²) in [7, 11) is 0. The van der Waals surface area contributed by atoms with Crippen LogP contribution in [0.4, 0.5) is 0 Å². The molecule has 1 aliphatic heterocycles. The minimum atomic E-state index is -0.446. The Hall–Kier alpha value is -3.78. The molecule has 0 saturated heterocycles. The van der Waals surface area contributed by atoms with Crippen LogP contribution in [0, 0.1) is 0 Å². The summed E-state index contributed by atoms with van der Waals surface area (Å²) in [6.07, 6.45) is 2.07. The van der Waals surface area contributed by atoms with E-state index in [0.717, 1.165) is 29.7 Å². The van der Waals surface area contributed by atoms with Gasteiger partial charge in [0.1, 0.15) is 5.25 Å². The van der Waals surface area contributed by atoms with E-state index in [4.69, 9.17) is 9.47 Å². The molecule has 4 aromatic rings. The number of carbonyl (C=O) groups is 1. The van der Waals surface area contributed by atoms with Crippen LogP contribution < -0.4 is 14.8 Å². The zero-order valence-electron chi connectivity index (χ0n) is 18.3. The molecule has 1 fully saturated rings. The van der Waals surface area contributed by atoms with E-state index >= 15 is 0 Å². The van der Waals surface area contributed by atoms with E-state index in [-0.39, 0.29) is 18.7 Å². The third-order valence-electron chi connectivity index (χ3n) is 5.77. The Morgan fingerprint density at radius 1 is 0.941 bits per heavy atom. The van der Waals surface area contributed by atoms with Crippen molar-refractivity contribution in [2.45, 2.75) is 29.3 Å². The van der Waals surface area contributed by atoms with Crippen molar-refractivity contribution in [2.75, 3.05) is 6.79 Å². The number of nitrogens with zero attached hydrogens (tertiary/aromatic N) is 3. The van der Waals surface area contributed by atoms with E-state index in [2.05, 4.69) is 15.5 Å². The summed E-state index contributed by atoms with van der Waals surface area (Å²) < 4.78 is 13.0. The molecule has 1 atom stereocenters. The Balaban J connectivity index is 1.42. The number of thioether (sulfide) groups is 1. The number of hydrogen-bond acceptors (Lipinski definition) is 6. The molecule has 170 valence electrons. The molecule has 7 nitrogen and oxygen atoms in total. The van der Waals surface area contributed by atoms with Crippen molar-refractivity contribution in [3.63, 3.8) is 0 Å². The summed E-state index contributed by atoms with van der Waals surface area (Å²) >= 11 is 1.40. The average Bonchev–Trinajstić information content (AvgIpc) is 3.40. The maximum Gasteiger partial charge on any atom is 0.238 e. The highest BCUT2D eigenvalue weighted by molar-refractivity contribution is 8.00. The molecule has 0 spiro atoms. The van der Waals surface area contributed by atoms with Gasteiger partial charge in [-0.3, -0.25) is 9.36 Å². The minimum Gasteiger partial charge on any atom is -0.454 e. The first kappa shape index (κ1) is 20.8. The number of fused-ring (bicyclic) bond motifs is 1. The van der Waals surface area contributed by atoms with Gasteiger partial charge in [-0.05, 0) is 48.7 Å². The van der Waals surface area contributed by atoms with Crippen molar-refractivity contribution in [1.82, 2.24) is 20.1 Å². The van der Waals surface area contributed by atoms with Gasteiger partial charge in [0.2, 0.25) is 12.7 Å². The Labute approximate surface area is 201 Å². The highest BCUT2D eigenvalue weighted by Gasteiger charge is 2.31. The van der Waals surface area contributed by atoms with E-state index in [1.54, 1.807) is 0 Å². The van der Waals surface area contributed by atoms with Crippen molar-refractivity contribution in [3.8, 4) is 28.6 Å². The molecule has 3 aromatic carbocycles. The zero-order chi connectivity index (χ0) is 22.9. The molecular weight excluding hydrogens is 448 g/mol. The van der Waals surface area contributed by atoms with E-state index < -0.39 is 5.25 Å². The van der Waals surface area contributed by atoms with Gasteiger partial charge < -0.3 is 14.8 Å². The molecule has 2 aliphatic rings. The maximum absolute atomic E-state index is 13.2. The van der Waals surface area contributed by atoms with Crippen LogP contribution in [0.1, 0.15) is 23.7 Å². The van der Waals surface area contributed by atoms with E-state index in [1.807, 2.05) is 83.4 Å². The molecule has 1 aliphatic carbocycles. The van der Waals surface area contributed by atoms with Crippen LogP contribution in [0.5, 0.6) is 11.5 Å². The molecule has 1 aromatic heterocycles. The average molecular weight is 471 g/mol. The third kappa shape index (κ3) is 4.12. The van der Waals surface area contributed by atoms with Crippen molar-refractivity contribution in [2.24, 2.45) is 0 Å². The number of hydrogen-bond donors (Lipinski definition) is 1. The highest BCUT2D eigenvalue weighted by atomic mass is 32.2. The quantitative estimate of drug-likeness (QED) is 0.392. The molecule has 1 amide bonds. The lowest BCUT2D eigenvalue weighted by atomic mass is 10.1. The summed E-state index contributed by atoms with van der Waals surface area (Å²) in [5.74, 6) is 2.05. The standard InChI is InChI=1S/C26H22N4O3S/c31-25(27-19-12-13-19)23(17-7-3-1-4-8-17)34-26-29-28-24(30(26)20-9-5-2-6-10-20)18-11-14-21-22(15-18)33-16-32-21/h1-11,14-15,19,23H,12-13,16H2,(H,27,31)/t23-/m1/s1. The molecule has 2 heterocycles. The van der Waals surface area contributed by atoms with E-state index in [0.29, 0.717) is 22.5 Å². The molecule has 34 heavy (non-hydrogen) atoms. The van der Waals surface area contributed by atoms with Gasteiger partial charge >= 0.3 is 0 Å². The predicted molar refractivity (Wildman–Crippen MR) is 129 cm³/mol. The van der Waals surface area contributed by atoms with Crippen molar-refractivity contribution in [1.29, 1.82) is 0 Å². The highest BCUT2D eigenvalue weighted by Crippen LogP contribution is 2.40. The van der Waals surface area contributed by atoms with Crippen LogP contribution in [0.25, 0.3) is 17.1 Å². The predicted octanol–water partition coefficient (Wildman–Crippen LogP) is 4.78. The minimum absolute atomic E-state index is 0.00839. The number of rotatable bonds is 7. The van der Waals surface area contributed by atoms with Crippen LogP contribution in [0.15, 0.2) is 84.0 Å². The van der Waals surface area contributed by atoms with Gasteiger partial charge in [-0.25, -0.2) is 0 Å². The Morgan fingerprint density at radius 3 is 2.44 bits per heavy atom. The first-order chi connectivity index (χ1) is 16.8. The van der Waals surface area contributed by atoms with Crippen LogP contribution in [-0.2, 0) is 4.79 Å². The second kappa shape index (κ2) is 8.87. The fourth-order valence-electron chi connectivity index (χ4n) is 3.89. The molecule has 1 N–H and O–H groups in total. The number of para-hydroxylation sites is 1. The number of ether oxygens (including phenoxy) is 2. The number of carbonyl (C=O) groups excluding carboxylic acids is 1. The fraction of sp³-hybridized carbons (Fsp3) is 0.192. The van der Waals surface area contributed by atoms with Gasteiger partial charge in [0, 0.05) is 17.3 Å². The second-order valence-corrected chi connectivity index (χ2v) is 9.31. The molecule has 0 unspecified atom stereocenters. The smallest absolute Gasteiger partial charge is 0.238 e. The summed E-state index contributed by atoms with van der Waals surface area (Å²) in [5.41, 5.74) is 2.70. The lowest BCUT2D eigenvalue weighted by Gasteiger charge is -2.17. The van der Waals surface area contributed by atoms with Gasteiger partial charge in [0.25, 0.3) is 0 Å². The summed E-state index contributed by atoms with van der Waals surface area (Å²) in [6.45, 7) is 0.208. The topological polar surface area (TPSA) is 78.3 Å². The Morgan fingerprint density at radius 2 is 1.68 bits per heavy atom. The largest absolute Gasteiger partial charge is 0.454 e. The lowest BCUT2D eigenvalue weighted by Crippen LogP contribution is -2.29. The molecule has 0 radical (unpaired) electrons. The maximum atomic E-state index is 13.2. The Bertz CT molecular complexity index is 1320. The number of benzene rings is 3. The van der Waals surface area contributed by atoms with Crippen LogP contribution >= 0.6 is 11.8 Å². The van der Waals surface area contributed by atoms with Crippen LogP contribution in [-0.4, -0.2) is 33.5 Å². The number of nitrogens with one attached hydrogen (secondary N) is 1. The monoisotopic (exact) mass is 470 g/mol. The van der Waals surface area contributed by atoms with Gasteiger partial charge in [-0.2, -0.15) is 0 Å². The fourth-order valence-corrected chi connectivity index (χ4v) is 4.95. The van der Waals surface area contributed by atoms with Gasteiger partial charge in [-0.1, -0.05) is 60.3 Å². The summed E-state index contributed by atoms with van der Waals surface area (Å²) in [5, 5.41) is 12.4. The first-order valence-corrected chi connectivity index (χ1v) is 12.1. The molecular formula is C26H22N4O3S. The van der Waals surface area contributed by atoms with E-state index in [9.17, 15) is 4.79 Å². The van der Waals surface area contributed by atoms with Gasteiger partial charge in [0.15, 0.2) is 22.5 Å². The van der Waals surface area contributed by atoms with Crippen molar-refractivity contribution in [3.05, 3.63) is 84.4 Å². The van der Waals surface area contributed by atoms with Gasteiger partial charge in [0.05, 0.1) is 0 Å². The van der Waals surface area contributed by atoms with Crippen LogP contribution in [0.3, 0.4) is 0 Å². The summed E-state index contributed by atoms with van der Waals surface area (Å²) in [6, 6.07) is 25.7. The third-order valence-corrected chi connectivity index (χ3v) is 6.96. The molecule has 0 bridgehead atoms.